The average Bonchev–Trinajstić information content (AvgIpc) is 3.16. The fourth-order valence-electron chi connectivity index (χ4n) is 1.73. The molecule has 1 aliphatic carbocycles. The maximum absolute atomic E-state index is 12.2. The summed E-state index contributed by atoms with van der Waals surface area (Å²) in [7, 11) is 0. The molecule has 0 aromatic carbocycles. The van der Waals surface area contributed by atoms with Crippen LogP contribution in [0.4, 0.5) is 5.69 Å². The van der Waals surface area contributed by atoms with Gasteiger partial charge in [0.05, 0.1) is 11.2 Å². The maximum atomic E-state index is 12.2. The maximum Gasteiger partial charge on any atom is 0.291 e. The van der Waals surface area contributed by atoms with Crippen LogP contribution < -0.4 is 10.9 Å². The molecule has 1 fully saturated rings. The van der Waals surface area contributed by atoms with Gasteiger partial charge in [-0.05, 0) is 37.2 Å². The minimum absolute atomic E-state index is 0.0986. The highest BCUT2D eigenvalue weighted by Gasteiger charge is 2.23. The largest absolute Gasteiger partial charge is 0.379 e. The van der Waals surface area contributed by atoms with Crippen molar-refractivity contribution in [3.8, 4) is 0 Å². The minimum Gasteiger partial charge on any atom is -0.379 e. The lowest BCUT2D eigenvalue weighted by atomic mass is 10.4. The van der Waals surface area contributed by atoms with Gasteiger partial charge in [-0.2, -0.15) is 16.9 Å². The second-order valence-electron chi connectivity index (χ2n) is 4.57. The standard InChI is InChI=1S/C12H18ClN3OS/c1-18-6-2-5-14-11-10(13)7-15-16(12(11)17)8-9-3-4-9/h7,9,14H,2-6,8H2,1H3. The highest BCUT2D eigenvalue weighted by Crippen LogP contribution is 2.30. The minimum atomic E-state index is -0.0986. The van der Waals surface area contributed by atoms with Gasteiger partial charge in [-0.3, -0.25) is 4.79 Å². The van der Waals surface area contributed by atoms with Crippen molar-refractivity contribution in [2.24, 2.45) is 5.92 Å². The fourth-order valence-corrected chi connectivity index (χ4v) is 2.36. The summed E-state index contributed by atoms with van der Waals surface area (Å²) in [4.78, 5) is 12.2. The van der Waals surface area contributed by atoms with Crippen LogP contribution in [0.5, 0.6) is 0 Å². The molecule has 18 heavy (non-hydrogen) atoms. The number of hydrogen-bond acceptors (Lipinski definition) is 4. The molecule has 1 aromatic heterocycles. The molecule has 1 aliphatic rings. The SMILES string of the molecule is CSCCCNc1c(Cl)cnn(CC2CC2)c1=O. The van der Waals surface area contributed by atoms with Crippen molar-refractivity contribution in [1.29, 1.82) is 0 Å². The molecule has 1 N–H and O–H groups in total. The first-order valence-electron chi connectivity index (χ1n) is 6.21. The van der Waals surface area contributed by atoms with Crippen LogP contribution in [-0.4, -0.2) is 28.3 Å². The second kappa shape index (κ2) is 6.48. The van der Waals surface area contributed by atoms with E-state index >= 15 is 0 Å². The van der Waals surface area contributed by atoms with Crippen molar-refractivity contribution in [2.75, 3.05) is 23.9 Å². The molecule has 0 atom stereocenters. The zero-order valence-electron chi connectivity index (χ0n) is 10.5. The number of nitrogens with zero attached hydrogens (tertiary/aromatic N) is 2. The molecule has 1 aromatic rings. The predicted molar refractivity (Wildman–Crippen MR) is 77.7 cm³/mol. The molecule has 1 heterocycles. The first-order chi connectivity index (χ1) is 8.72. The van der Waals surface area contributed by atoms with Gasteiger partial charge in [0.25, 0.3) is 5.56 Å². The number of thioether (sulfide) groups is 1. The van der Waals surface area contributed by atoms with Gasteiger partial charge in [0.2, 0.25) is 0 Å². The Balaban J connectivity index is 2.04. The van der Waals surface area contributed by atoms with E-state index in [4.69, 9.17) is 11.6 Å². The number of rotatable bonds is 7. The molecule has 0 saturated heterocycles. The van der Waals surface area contributed by atoms with Crippen molar-refractivity contribution < 1.29 is 0 Å². The lowest BCUT2D eigenvalue weighted by molar-refractivity contribution is 0.534. The molecule has 2 rings (SSSR count). The molecule has 0 unspecified atom stereocenters. The summed E-state index contributed by atoms with van der Waals surface area (Å²) in [6, 6.07) is 0. The van der Waals surface area contributed by atoms with Crippen LogP contribution in [0.15, 0.2) is 11.0 Å². The quantitative estimate of drug-likeness (QED) is 0.783. The van der Waals surface area contributed by atoms with Crippen molar-refractivity contribution in [1.82, 2.24) is 9.78 Å². The Hall–Kier alpha value is -0.680. The van der Waals surface area contributed by atoms with Crippen molar-refractivity contribution in [3.05, 3.63) is 21.6 Å². The molecule has 0 radical (unpaired) electrons. The zero-order chi connectivity index (χ0) is 13.0. The molecule has 0 bridgehead atoms. The Kier molecular flexibility index (Phi) is 4.95. The highest BCUT2D eigenvalue weighted by molar-refractivity contribution is 7.98. The summed E-state index contributed by atoms with van der Waals surface area (Å²) in [6.07, 6.45) is 7.05. The third kappa shape index (κ3) is 3.65. The number of nitrogens with one attached hydrogen (secondary N) is 1. The molecular formula is C12H18ClN3OS. The second-order valence-corrected chi connectivity index (χ2v) is 5.96. The lowest BCUT2D eigenvalue weighted by Gasteiger charge is -2.10. The van der Waals surface area contributed by atoms with Gasteiger partial charge >= 0.3 is 0 Å². The molecule has 100 valence electrons. The van der Waals surface area contributed by atoms with E-state index in [0.717, 1.165) is 25.3 Å². The van der Waals surface area contributed by atoms with Crippen LogP contribution in [0.25, 0.3) is 0 Å². The molecule has 0 aliphatic heterocycles. The van der Waals surface area contributed by atoms with E-state index in [2.05, 4.69) is 16.7 Å². The summed E-state index contributed by atoms with van der Waals surface area (Å²) in [5, 5.41) is 7.64. The molecule has 6 heteroatoms. The van der Waals surface area contributed by atoms with Crippen molar-refractivity contribution >= 4 is 29.1 Å². The summed E-state index contributed by atoms with van der Waals surface area (Å²) in [6.45, 7) is 1.48. The van der Waals surface area contributed by atoms with Gasteiger partial charge in [0, 0.05) is 13.1 Å². The van der Waals surface area contributed by atoms with Crippen LogP contribution in [0.3, 0.4) is 0 Å². The summed E-state index contributed by atoms with van der Waals surface area (Å²) in [5.74, 6) is 1.70. The number of aromatic nitrogens is 2. The normalized spacial score (nSPS) is 14.8. The van der Waals surface area contributed by atoms with Gasteiger partial charge in [0.15, 0.2) is 0 Å². The third-order valence-electron chi connectivity index (χ3n) is 2.95. The average molecular weight is 288 g/mol. The van der Waals surface area contributed by atoms with E-state index in [1.165, 1.54) is 17.5 Å². The summed E-state index contributed by atoms with van der Waals surface area (Å²) in [5.41, 5.74) is 0.395. The Morgan fingerprint density at radius 1 is 1.61 bits per heavy atom. The first-order valence-corrected chi connectivity index (χ1v) is 7.98. The number of hydrogen-bond donors (Lipinski definition) is 1. The van der Waals surface area contributed by atoms with Crippen LogP contribution in [0, 0.1) is 5.92 Å². The Bertz CT molecular complexity index is 459. The van der Waals surface area contributed by atoms with Crippen LogP contribution in [0.2, 0.25) is 5.02 Å². The highest BCUT2D eigenvalue weighted by atomic mass is 35.5. The van der Waals surface area contributed by atoms with E-state index in [1.54, 1.807) is 18.0 Å². The number of anilines is 1. The lowest BCUT2D eigenvalue weighted by Crippen LogP contribution is -2.27. The smallest absolute Gasteiger partial charge is 0.291 e. The molecule has 1 saturated carbocycles. The van der Waals surface area contributed by atoms with Crippen LogP contribution in [0.1, 0.15) is 19.3 Å². The Labute approximate surface area is 116 Å². The Morgan fingerprint density at radius 3 is 3.06 bits per heavy atom. The van der Waals surface area contributed by atoms with Gasteiger partial charge < -0.3 is 5.32 Å². The Morgan fingerprint density at radius 2 is 2.39 bits per heavy atom. The zero-order valence-corrected chi connectivity index (χ0v) is 12.1. The van der Waals surface area contributed by atoms with E-state index < -0.39 is 0 Å². The van der Waals surface area contributed by atoms with Crippen LogP contribution in [-0.2, 0) is 6.54 Å². The van der Waals surface area contributed by atoms with E-state index in [1.807, 2.05) is 0 Å². The van der Waals surface area contributed by atoms with Crippen molar-refractivity contribution in [3.63, 3.8) is 0 Å². The van der Waals surface area contributed by atoms with E-state index in [0.29, 0.717) is 16.6 Å². The van der Waals surface area contributed by atoms with Gasteiger partial charge in [-0.1, -0.05) is 11.6 Å². The molecule has 0 spiro atoms. The summed E-state index contributed by atoms with van der Waals surface area (Å²) < 4.78 is 1.53. The van der Waals surface area contributed by atoms with Crippen LogP contribution >= 0.6 is 23.4 Å². The topological polar surface area (TPSA) is 46.9 Å². The van der Waals surface area contributed by atoms with Gasteiger partial charge in [-0.25, -0.2) is 4.68 Å². The molecule has 0 amide bonds. The van der Waals surface area contributed by atoms with E-state index in [9.17, 15) is 4.79 Å². The summed E-state index contributed by atoms with van der Waals surface area (Å²) >= 11 is 7.82. The van der Waals surface area contributed by atoms with Crippen molar-refractivity contribution in [2.45, 2.75) is 25.8 Å². The van der Waals surface area contributed by atoms with E-state index in [-0.39, 0.29) is 5.56 Å². The predicted octanol–water partition coefficient (Wildman–Crippen LogP) is 2.47. The first kappa shape index (κ1) is 13.7. The molecule has 4 nitrogen and oxygen atoms in total. The van der Waals surface area contributed by atoms with Gasteiger partial charge in [-0.15, -0.1) is 0 Å². The van der Waals surface area contributed by atoms with Gasteiger partial charge in [0.1, 0.15) is 5.69 Å². The number of halogens is 1. The monoisotopic (exact) mass is 287 g/mol. The third-order valence-corrected chi connectivity index (χ3v) is 3.94. The fraction of sp³-hybridized carbons (Fsp3) is 0.667. The molecular weight excluding hydrogens is 270 g/mol.